The molecule has 2 heterocycles. The fourth-order valence-corrected chi connectivity index (χ4v) is 3.51. The third-order valence-corrected chi connectivity index (χ3v) is 4.72. The van der Waals surface area contributed by atoms with E-state index in [-0.39, 0.29) is 11.5 Å². The molecule has 2 N–H and O–H groups in total. The maximum Gasteiger partial charge on any atom is 0.270 e. The van der Waals surface area contributed by atoms with Crippen molar-refractivity contribution in [3.05, 3.63) is 56.0 Å². The summed E-state index contributed by atoms with van der Waals surface area (Å²) in [6, 6.07) is 9.00. The van der Waals surface area contributed by atoms with Crippen LogP contribution in [0.25, 0.3) is 10.9 Å². The molecule has 0 aliphatic heterocycles. The van der Waals surface area contributed by atoms with Crippen LogP contribution in [-0.4, -0.2) is 15.5 Å². The van der Waals surface area contributed by atoms with Crippen LogP contribution in [0, 0.1) is 13.8 Å². The quantitative estimate of drug-likeness (QED) is 0.715. The van der Waals surface area contributed by atoms with Gasteiger partial charge in [0.25, 0.3) is 11.5 Å². The molecule has 0 atom stereocenters. The first-order chi connectivity index (χ1) is 11.5. The molecule has 0 radical (unpaired) electrons. The molecule has 3 aromatic rings. The average Bonchev–Trinajstić information content (AvgIpc) is 2.91. The lowest BCUT2D eigenvalue weighted by molar-refractivity contribution is 0.0962. The van der Waals surface area contributed by atoms with Gasteiger partial charge in [-0.05, 0) is 39.0 Å². The number of carbonyl (C=O) groups is 1. The first-order valence-corrected chi connectivity index (χ1v) is 8.46. The molecule has 0 aliphatic carbocycles. The molecule has 1 amide bonds. The molecular weight excluding hydrogens is 324 g/mol. The number of nitrogens with one attached hydrogen (secondary N) is 2. The van der Waals surface area contributed by atoms with Gasteiger partial charge in [-0.2, -0.15) is 0 Å². The largest absolute Gasteiger partial charge is 0.277 e. The Labute approximate surface area is 143 Å². The van der Waals surface area contributed by atoms with E-state index in [0.717, 1.165) is 9.75 Å². The zero-order valence-corrected chi connectivity index (χ0v) is 14.5. The molecule has 0 spiro atoms. The predicted octanol–water partition coefficient (Wildman–Crippen LogP) is 2.85. The standard InChI is InChI=1S/C17H18N4O2S/c1-4-21-16(23)12-7-5-6-8-14(12)18-17(21)20-19-15(22)13-9-10(2)24-11(13)3/h5-9H,4H2,1-3H3,(H,18,20)(H,19,22). The number of anilines is 1. The van der Waals surface area contributed by atoms with Crippen LogP contribution in [0.15, 0.2) is 35.1 Å². The van der Waals surface area contributed by atoms with Crippen LogP contribution in [0.4, 0.5) is 5.95 Å². The fraction of sp³-hybridized carbons (Fsp3) is 0.235. The normalized spacial score (nSPS) is 10.8. The number of benzene rings is 1. The van der Waals surface area contributed by atoms with Crippen LogP contribution in [0.1, 0.15) is 27.0 Å². The van der Waals surface area contributed by atoms with Gasteiger partial charge >= 0.3 is 0 Å². The molecule has 6 nitrogen and oxygen atoms in total. The minimum absolute atomic E-state index is 0.137. The van der Waals surface area contributed by atoms with Crippen molar-refractivity contribution in [1.29, 1.82) is 0 Å². The van der Waals surface area contributed by atoms with Crippen molar-refractivity contribution in [3.63, 3.8) is 0 Å². The number of aryl methyl sites for hydroxylation is 2. The van der Waals surface area contributed by atoms with E-state index in [4.69, 9.17) is 0 Å². The monoisotopic (exact) mass is 342 g/mol. The number of fused-ring (bicyclic) bond motifs is 1. The molecule has 0 unspecified atom stereocenters. The average molecular weight is 342 g/mol. The van der Waals surface area contributed by atoms with E-state index < -0.39 is 0 Å². The van der Waals surface area contributed by atoms with Gasteiger partial charge < -0.3 is 0 Å². The number of hydrogen-bond donors (Lipinski definition) is 2. The SMILES string of the molecule is CCn1c(NNC(=O)c2cc(C)sc2C)nc2ccccc2c1=O. The molecule has 0 aliphatic rings. The smallest absolute Gasteiger partial charge is 0.270 e. The Balaban J connectivity index is 1.91. The molecule has 3 rings (SSSR count). The molecule has 0 saturated carbocycles. The minimum atomic E-state index is -0.248. The van der Waals surface area contributed by atoms with Crippen molar-refractivity contribution < 1.29 is 4.79 Å². The number of aromatic nitrogens is 2. The second-order valence-corrected chi connectivity index (χ2v) is 6.87. The van der Waals surface area contributed by atoms with E-state index >= 15 is 0 Å². The lowest BCUT2D eigenvalue weighted by atomic mass is 10.2. The Bertz CT molecular complexity index is 974. The Morgan fingerprint density at radius 1 is 1.29 bits per heavy atom. The molecule has 0 fully saturated rings. The van der Waals surface area contributed by atoms with Crippen LogP contribution >= 0.6 is 11.3 Å². The van der Waals surface area contributed by atoms with Crippen LogP contribution < -0.4 is 16.4 Å². The highest BCUT2D eigenvalue weighted by Gasteiger charge is 2.14. The van der Waals surface area contributed by atoms with Gasteiger partial charge in [0.1, 0.15) is 0 Å². The Hall–Kier alpha value is -2.67. The van der Waals surface area contributed by atoms with E-state index in [1.165, 1.54) is 4.57 Å². The summed E-state index contributed by atoms with van der Waals surface area (Å²) in [6.07, 6.45) is 0. The van der Waals surface area contributed by atoms with E-state index in [1.807, 2.05) is 39.0 Å². The number of nitrogens with zero attached hydrogens (tertiary/aromatic N) is 2. The Kier molecular flexibility index (Phi) is 4.35. The number of rotatable bonds is 4. The molecule has 0 saturated heterocycles. The highest BCUT2D eigenvalue weighted by molar-refractivity contribution is 7.12. The predicted molar refractivity (Wildman–Crippen MR) is 96.6 cm³/mol. The number of amides is 1. The van der Waals surface area contributed by atoms with Gasteiger partial charge in [0.2, 0.25) is 5.95 Å². The second-order valence-electron chi connectivity index (χ2n) is 5.41. The fourth-order valence-electron chi connectivity index (χ4n) is 2.59. The molecule has 24 heavy (non-hydrogen) atoms. The summed E-state index contributed by atoms with van der Waals surface area (Å²) in [6.45, 7) is 6.17. The molecule has 2 aromatic heterocycles. The molecule has 124 valence electrons. The van der Waals surface area contributed by atoms with Crippen LogP contribution in [-0.2, 0) is 6.54 Å². The topological polar surface area (TPSA) is 76.0 Å². The first kappa shape index (κ1) is 16.2. The summed E-state index contributed by atoms with van der Waals surface area (Å²) in [5.74, 6) is 0.0704. The van der Waals surface area contributed by atoms with Crippen molar-refractivity contribution in [2.75, 3.05) is 5.43 Å². The highest BCUT2D eigenvalue weighted by atomic mass is 32.1. The summed E-state index contributed by atoms with van der Waals surface area (Å²) in [5.41, 5.74) is 6.49. The van der Waals surface area contributed by atoms with Gasteiger partial charge in [-0.25, -0.2) is 4.98 Å². The van der Waals surface area contributed by atoms with Gasteiger partial charge in [-0.1, -0.05) is 12.1 Å². The number of hydrazine groups is 1. The van der Waals surface area contributed by atoms with Gasteiger partial charge in [-0.15, -0.1) is 11.3 Å². The van der Waals surface area contributed by atoms with Gasteiger partial charge in [0.15, 0.2) is 0 Å². The number of para-hydroxylation sites is 1. The minimum Gasteiger partial charge on any atom is -0.277 e. The van der Waals surface area contributed by atoms with Gasteiger partial charge in [-0.3, -0.25) is 25.0 Å². The lowest BCUT2D eigenvalue weighted by Crippen LogP contribution is -2.34. The maximum absolute atomic E-state index is 12.5. The van der Waals surface area contributed by atoms with Crippen molar-refractivity contribution in [3.8, 4) is 0 Å². The van der Waals surface area contributed by atoms with E-state index in [9.17, 15) is 9.59 Å². The highest BCUT2D eigenvalue weighted by Crippen LogP contribution is 2.20. The van der Waals surface area contributed by atoms with Crippen molar-refractivity contribution in [1.82, 2.24) is 15.0 Å². The van der Waals surface area contributed by atoms with Gasteiger partial charge in [0.05, 0.1) is 16.5 Å². The third kappa shape index (κ3) is 2.90. The second kappa shape index (κ2) is 6.45. The van der Waals surface area contributed by atoms with E-state index in [0.29, 0.717) is 29.0 Å². The Morgan fingerprint density at radius 2 is 2.04 bits per heavy atom. The third-order valence-electron chi connectivity index (χ3n) is 3.75. The molecule has 7 heteroatoms. The lowest BCUT2D eigenvalue weighted by Gasteiger charge is -2.13. The van der Waals surface area contributed by atoms with Gasteiger partial charge in [0, 0.05) is 16.3 Å². The number of hydrogen-bond acceptors (Lipinski definition) is 5. The molecule has 0 bridgehead atoms. The van der Waals surface area contributed by atoms with E-state index in [1.54, 1.807) is 23.5 Å². The summed E-state index contributed by atoms with van der Waals surface area (Å²) in [5, 5.41) is 0.556. The summed E-state index contributed by atoms with van der Waals surface area (Å²) >= 11 is 1.57. The van der Waals surface area contributed by atoms with E-state index in [2.05, 4.69) is 15.8 Å². The molecule has 1 aromatic carbocycles. The Morgan fingerprint density at radius 3 is 2.71 bits per heavy atom. The van der Waals surface area contributed by atoms with Crippen molar-refractivity contribution in [2.45, 2.75) is 27.3 Å². The zero-order valence-electron chi connectivity index (χ0n) is 13.7. The summed E-state index contributed by atoms with van der Waals surface area (Å²) in [7, 11) is 0. The summed E-state index contributed by atoms with van der Waals surface area (Å²) in [4.78, 5) is 31.3. The maximum atomic E-state index is 12.5. The van der Waals surface area contributed by atoms with Crippen molar-refractivity contribution in [2.24, 2.45) is 0 Å². The van der Waals surface area contributed by atoms with Crippen molar-refractivity contribution >= 4 is 34.1 Å². The number of carbonyl (C=O) groups excluding carboxylic acids is 1. The van der Waals surface area contributed by atoms with Crippen LogP contribution in [0.5, 0.6) is 0 Å². The molecular formula is C17H18N4O2S. The van der Waals surface area contributed by atoms with Crippen LogP contribution in [0.2, 0.25) is 0 Å². The zero-order chi connectivity index (χ0) is 17.3. The summed E-state index contributed by atoms with van der Waals surface area (Å²) < 4.78 is 1.49. The van der Waals surface area contributed by atoms with Crippen LogP contribution in [0.3, 0.4) is 0 Å². The first-order valence-electron chi connectivity index (χ1n) is 7.64. The number of thiophene rings is 1.